The molecule has 4 nitrogen and oxygen atoms in total. The van der Waals surface area contributed by atoms with Gasteiger partial charge < -0.3 is 14.2 Å². The molecule has 0 bridgehead atoms. The van der Waals surface area contributed by atoms with E-state index in [1.54, 1.807) is 32.4 Å². The highest BCUT2D eigenvalue weighted by Crippen LogP contribution is 2.29. The van der Waals surface area contributed by atoms with Gasteiger partial charge in [0.15, 0.2) is 0 Å². The molecule has 0 atom stereocenters. The lowest BCUT2D eigenvalue weighted by molar-refractivity contribution is -0.134. The van der Waals surface area contributed by atoms with E-state index in [0.717, 1.165) is 0 Å². The summed E-state index contributed by atoms with van der Waals surface area (Å²) in [5.41, 5.74) is 0.706. The van der Waals surface area contributed by atoms with E-state index in [1.807, 2.05) is 6.07 Å². The number of carbonyl (C=O) groups excluding carboxylic acids is 1. The number of ether oxygens (including phenoxy) is 3. The summed E-state index contributed by atoms with van der Waals surface area (Å²) in [6, 6.07) is 5.39. The van der Waals surface area contributed by atoms with Crippen molar-refractivity contribution in [2.24, 2.45) is 0 Å². The standard InChI is InChI=1S/C12H14O4/c1-14-10-5-4-6-11(15-2)9(10)7-8-12(13)16-3/h4-8H,1-3H3/b8-7-. The third kappa shape index (κ3) is 2.76. The predicted molar refractivity (Wildman–Crippen MR) is 60.6 cm³/mol. The molecule has 16 heavy (non-hydrogen) atoms. The summed E-state index contributed by atoms with van der Waals surface area (Å²) in [5.74, 6) is 0.854. The van der Waals surface area contributed by atoms with Crippen LogP contribution in [0, 0.1) is 0 Å². The van der Waals surface area contributed by atoms with Crippen LogP contribution in [-0.2, 0) is 9.53 Å². The molecule has 0 aliphatic carbocycles. The molecule has 0 aromatic heterocycles. The molecule has 1 rings (SSSR count). The van der Waals surface area contributed by atoms with Crippen LogP contribution in [0.15, 0.2) is 24.3 Å². The number of benzene rings is 1. The van der Waals surface area contributed by atoms with Crippen LogP contribution in [0.5, 0.6) is 11.5 Å². The van der Waals surface area contributed by atoms with Crippen LogP contribution < -0.4 is 9.47 Å². The molecule has 0 saturated carbocycles. The fourth-order valence-corrected chi connectivity index (χ4v) is 1.26. The van der Waals surface area contributed by atoms with E-state index in [-0.39, 0.29) is 0 Å². The van der Waals surface area contributed by atoms with Gasteiger partial charge in [-0.1, -0.05) is 6.07 Å². The molecule has 0 amide bonds. The van der Waals surface area contributed by atoms with Crippen LogP contribution in [0.2, 0.25) is 0 Å². The molecule has 86 valence electrons. The average Bonchev–Trinajstić information content (AvgIpc) is 2.35. The van der Waals surface area contributed by atoms with Crippen LogP contribution >= 0.6 is 0 Å². The predicted octanol–water partition coefficient (Wildman–Crippen LogP) is 1.89. The van der Waals surface area contributed by atoms with Gasteiger partial charge in [0.25, 0.3) is 0 Å². The lowest BCUT2D eigenvalue weighted by Crippen LogP contribution is -1.95. The number of esters is 1. The quantitative estimate of drug-likeness (QED) is 0.576. The Morgan fingerprint density at radius 2 is 1.69 bits per heavy atom. The summed E-state index contributed by atoms with van der Waals surface area (Å²) < 4.78 is 14.9. The van der Waals surface area contributed by atoms with Gasteiger partial charge in [0.1, 0.15) is 11.5 Å². The fourth-order valence-electron chi connectivity index (χ4n) is 1.26. The first-order valence-electron chi connectivity index (χ1n) is 4.70. The molecule has 0 fully saturated rings. The zero-order valence-electron chi connectivity index (χ0n) is 9.52. The third-order valence-electron chi connectivity index (χ3n) is 2.05. The number of methoxy groups -OCH3 is 3. The second-order valence-electron chi connectivity index (χ2n) is 2.93. The van der Waals surface area contributed by atoms with Gasteiger partial charge in [0.2, 0.25) is 0 Å². The molecule has 0 radical (unpaired) electrons. The highest BCUT2D eigenvalue weighted by Gasteiger charge is 2.06. The Morgan fingerprint density at radius 1 is 1.12 bits per heavy atom. The number of hydrogen-bond donors (Lipinski definition) is 0. The summed E-state index contributed by atoms with van der Waals surface area (Å²) in [6.45, 7) is 0. The second kappa shape index (κ2) is 5.80. The van der Waals surface area contributed by atoms with Crippen molar-refractivity contribution in [3.05, 3.63) is 29.8 Å². The smallest absolute Gasteiger partial charge is 0.330 e. The van der Waals surface area contributed by atoms with Crippen LogP contribution in [-0.4, -0.2) is 27.3 Å². The van der Waals surface area contributed by atoms with Gasteiger partial charge in [-0.3, -0.25) is 0 Å². The lowest BCUT2D eigenvalue weighted by atomic mass is 10.1. The van der Waals surface area contributed by atoms with Crippen molar-refractivity contribution in [3.8, 4) is 11.5 Å². The summed E-state index contributed by atoms with van der Waals surface area (Å²) in [6.07, 6.45) is 2.92. The highest BCUT2D eigenvalue weighted by atomic mass is 16.5. The molecular formula is C12H14O4. The fraction of sp³-hybridized carbons (Fsp3) is 0.250. The normalized spacial score (nSPS) is 10.2. The largest absolute Gasteiger partial charge is 0.496 e. The Labute approximate surface area is 94.4 Å². The highest BCUT2D eigenvalue weighted by molar-refractivity contribution is 5.88. The molecule has 4 heteroatoms. The molecule has 0 heterocycles. The first-order valence-corrected chi connectivity index (χ1v) is 4.70. The topological polar surface area (TPSA) is 44.8 Å². The Morgan fingerprint density at radius 3 is 2.12 bits per heavy atom. The minimum atomic E-state index is -0.423. The summed E-state index contributed by atoms with van der Waals surface area (Å²) >= 11 is 0. The molecule has 1 aromatic carbocycles. The second-order valence-corrected chi connectivity index (χ2v) is 2.93. The monoisotopic (exact) mass is 222 g/mol. The third-order valence-corrected chi connectivity index (χ3v) is 2.05. The van der Waals surface area contributed by atoms with E-state index in [9.17, 15) is 4.79 Å². The molecule has 0 spiro atoms. The molecule has 0 aliphatic rings. The van der Waals surface area contributed by atoms with Crippen LogP contribution in [0.3, 0.4) is 0 Å². The van der Waals surface area contributed by atoms with E-state index in [1.165, 1.54) is 13.2 Å². The van der Waals surface area contributed by atoms with Gasteiger partial charge in [-0.2, -0.15) is 0 Å². The molecule has 1 aromatic rings. The number of rotatable bonds is 4. The molecular weight excluding hydrogens is 208 g/mol. The first kappa shape index (κ1) is 12.1. The van der Waals surface area contributed by atoms with Gasteiger partial charge in [0, 0.05) is 6.08 Å². The summed E-state index contributed by atoms with van der Waals surface area (Å²) in [5, 5.41) is 0. The Kier molecular flexibility index (Phi) is 4.39. The van der Waals surface area contributed by atoms with Crippen molar-refractivity contribution >= 4 is 12.0 Å². The minimum Gasteiger partial charge on any atom is -0.496 e. The molecule has 0 aliphatic heterocycles. The zero-order chi connectivity index (χ0) is 12.0. The van der Waals surface area contributed by atoms with E-state index in [0.29, 0.717) is 17.1 Å². The average molecular weight is 222 g/mol. The van der Waals surface area contributed by atoms with Gasteiger partial charge in [0.05, 0.1) is 26.9 Å². The van der Waals surface area contributed by atoms with Crippen molar-refractivity contribution in [3.63, 3.8) is 0 Å². The van der Waals surface area contributed by atoms with Crippen molar-refractivity contribution in [1.29, 1.82) is 0 Å². The van der Waals surface area contributed by atoms with E-state index < -0.39 is 5.97 Å². The van der Waals surface area contributed by atoms with Crippen LogP contribution in [0.4, 0.5) is 0 Å². The Balaban J connectivity index is 3.08. The van der Waals surface area contributed by atoms with Crippen molar-refractivity contribution < 1.29 is 19.0 Å². The van der Waals surface area contributed by atoms with Crippen molar-refractivity contribution in [1.82, 2.24) is 0 Å². The van der Waals surface area contributed by atoms with E-state index in [4.69, 9.17) is 9.47 Å². The maximum absolute atomic E-state index is 11.0. The first-order chi connectivity index (χ1) is 7.72. The van der Waals surface area contributed by atoms with E-state index in [2.05, 4.69) is 4.74 Å². The lowest BCUT2D eigenvalue weighted by Gasteiger charge is -2.09. The molecule has 0 N–H and O–H groups in total. The van der Waals surface area contributed by atoms with Gasteiger partial charge >= 0.3 is 5.97 Å². The van der Waals surface area contributed by atoms with Gasteiger partial charge in [-0.25, -0.2) is 4.79 Å². The molecule has 0 unspecified atom stereocenters. The Hall–Kier alpha value is -1.97. The van der Waals surface area contributed by atoms with Gasteiger partial charge in [-0.05, 0) is 18.2 Å². The van der Waals surface area contributed by atoms with Crippen LogP contribution in [0.25, 0.3) is 6.08 Å². The minimum absolute atomic E-state index is 0.423. The zero-order valence-corrected chi connectivity index (χ0v) is 9.52. The Bertz CT molecular complexity index is 374. The maximum atomic E-state index is 11.0. The summed E-state index contributed by atoms with van der Waals surface area (Å²) in [4.78, 5) is 11.0. The van der Waals surface area contributed by atoms with Gasteiger partial charge in [-0.15, -0.1) is 0 Å². The van der Waals surface area contributed by atoms with E-state index >= 15 is 0 Å². The van der Waals surface area contributed by atoms with Crippen molar-refractivity contribution in [2.75, 3.05) is 21.3 Å². The number of carbonyl (C=O) groups is 1. The van der Waals surface area contributed by atoms with Crippen LogP contribution in [0.1, 0.15) is 5.56 Å². The number of hydrogen-bond acceptors (Lipinski definition) is 4. The SMILES string of the molecule is COC(=O)/C=C\c1c(OC)cccc1OC. The maximum Gasteiger partial charge on any atom is 0.330 e. The van der Waals surface area contributed by atoms with Crippen molar-refractivity contribution in [2.45, 2.75) is 0 Å². The summed E-state index contributed by atoms with van der Waals surface area (Å²) in [7, 11) is 4.45. The molecule has 0 saturated heterocycles.